The molecule has 0 aromatic rings. The molecule has 96 valence electrons. The first-order chi connectivity index (χ1) is 7.65. The van der Waals surface area contributed by atoms with Crippen molar-refractivity contribution in [2.75, 3.05) is 33.3 Å². The first-order valence-electron chi connectivity index (χ1n) is 6.67. The summed E-state index contributed by atoms with van der Waals surface area (Å²) in [6.45, 7) is 10.9. The lowest BCUT2D eigenvalue weighted by atomic mass is 10.0. The zero-order valence-corrected chi connectivity index (χ0v) is 11.3. The molecule has 2 atom stereocenters. The number of ether oxygens (including phenoxy) is 1. The number of likely N-dealkylation sites (N-methyl/N-ethyl adjacent to an activating group) is 2. The average molecular weight is 228 g/mol. The molecular weight excluding hydrogens is 200 g/mol. The second kappa shape index (κ2) is 7.25. The molecule has 2 unspecified atom stereocenters. The Morgan fingerprint density at radius 1 is 1.44 bits per heavy atom. The smallest absolute Gasteiger partial charge is 0.0702 e. The molecular formula is C13H28N2O. The first kappa shape index (κ1) is 13.9. The summed E-state index contributed by atoms with van der Waals surface area (Å²) in [6, 6.07) is 0.615. The van der Waals surface area contributed by atoms with Crippen LogP contribution in [-0.2, 0) is 4.74 Å². The number of hydrogen-bond donors (Lipinski definition) is 1. The molecule has 1 aliphatic heterocycles. The molecule has 1 aliphatic rings. The van der Waals surface area contributed by atoms with Crippen molar-refractivity contribution in [3.05, 3.63) is 0 Å². The van der Waals surface area contributed by atoms with Crippen molar-refractivity contribution in [2.24, 2.45) is 5.92 Å². The van der Waals surface area contributed by atoms with E-state index < -0.39 is 0 Å². The van der Waals surface area contributed by atoms with Gasteiger partial charge in [-0.3, -0.25) is 4.90 Å². The fourth-order valence-corrected chi connectivity index (χ4v) is 2.44. The van der Waals surface area contributed by atoms with Gasteiger partial charge in [-0.1, -0.05) is 20.8 Å². The van der Waals surface area contributed by atoms with Gasteiger partial charge in [0.05, 0.1) is 6.10 Å². The molecule has 0 radical (unpaired) electrons. The molecule has 16 heavy (non-hydrogen) atoms. The molecule has 1 fully saturated rings. The van der Waals surface area contributed by atoms with Crippen LogP contribution in [0.15, 0.2) is 0 Å². The Hall–Kier alpha value is -0.120. The first-order valence-corrected chi connectivity index (χ1v) is 6.67. The van der Waals surface area contributed by atoms with Crippen LogP contribution in [0.4, 0.5) is 0 Å². The van der Waals surface area contributed by atoms with Crippen LogP contribution in [0.5, 0.6) is 0 Å². The fraction of sp³-hybridized carbons (Fsp3) is 1.00. The number of rotatable bonds is 7. The Labute approximate surface area is 101 Å². The molecule has 3 heteroatoms. The summed E-state index contributed by atoms with van der Waals surface area (Å²) < 4.78 is 5.70. The van der Waals surface area contributed by atoms with Gasteiger partial charge in [0.2, 0.25) is 0 Å². The van der Waals surface area contributed by atoms with Crippen LogP contribution >= 0.6 is 0 Å². The molecule has 1 heterocycles. The predicted molar refractivity (Wildman–Crippen MR) is 68.8 cm³/mol. The van der Waals surface area contributed by atoms with E-state index in [1.165, 1.54) is 12.8 Å². The van der Waals surface area contributed by atoms with Crippen molar-refractivity contribution < 1.29 is 4.74 Å². The van der Waals surface area contributed by atoms with Crippen molar-refractivity contribution in [2.45, 2.75) is 45.8 Å². The van der Waals surface area contributed by atoms with Crippen LogP contribution in [0.25, 0.3) is 0 Å². The summed E-state index contributed by atoms with van der Waals surface area (Å²) in [7, 11) is 2.23. The molecule has 0 spiro atoms. The highest BCUT2D eigenvalue weighted by atomic mass is 16.5. The monoisotopic (exact) mass is 228 g/mol. The van der Waals surface area contributed by atoms with E-state index in [2.05, 4.69) is 38.0 Å². The normalized spacial score (nSPS) is 23.2. The third-order valence-electron chi connectivity index (χ3n) is 3.45. The second-order valence-electron chi connectivity index (χ2n) is 5.19. The highest BCUT2D eigenvalue weighted by Crippen LogP contribution is 2.16. The van der Waals surface area contributed by atoms with Crippen LogP contribution in [0.1, 0.15) is 33.6 Å². The summed E-state index contributed by atoms with van der Waals surface area (Å²) in [5, 5.41) is 3.45. The van der Waals surface area contributed by atoms with Gasteiger partial charge in [-0.2, -0.15) is 0 Å². The van der Waals surface area contributed by atoms with E-state index in [0.29, 0.717) is 18.1 Å². The van der Waals surface area contributed by atoms with Crippen molar-refractivity contribution >= 4 is 0 Å². The zero-order valence-electron chi connectivity index (χ0n) is 11.3. The van der Waals surface area contributed by atoms with Crippen molar-refractivity contribution in [3.8, 4) is 0 Å². The summed E-state index contributed by atoms with van der Waals surface area (Å²) in [4.78, 5) is 2.46. The average Bonchev–Trinajstić information content (AvgIpc) is 2.70. The lowest BCUT2D eigenvalue weighted by molar-refractivity contribution is 0.0596. The van der Waals surface area contributed by atoms with Crippen molar-refractivity contribution in [1.82, 2.24) is 10.2 Å². The molecule has 1 rings (SSSR count). The molecule has 0 aromatic carbocycles. The Kier molecular flexibility index (Phi) is 6.32. The van der Waals surface area contributed by atoms with E-state index in [0.717, 1.165) is 26.2 Å². The minimum atomic E-state index is 0.466. The Balaban J connectivity index is 2.36. The summed E-state index contributed by atoms with van der Waals surface area (Å²) in [5.41, 5.74) is 0. The van der Waals surface area contributed by atoms with Gasteiger partial charge in [-0.15, -0.1) is 0 Å². The molecule has 1 saturated heterocycles. The van der Waals surface area contributed by atoms with E-state index in [1.807, 2.05) is 0 Å². The lowest BCUT2D eigenvalue weighted by Gasteiger charge is -2.33. The summed E-state index contributed by atoms with van der Waals surface area (Å²) in [6.07, 6.45) is 2.93. The van der Waals surface area contributed by atoms with E-state index in [9.17, 15) is 0 Å². The SMILES string of the molecule is CCNCC(C(C)C)N(C)CC1CCCO1. The zero-order chi connectivity index (χ0) is 12.0. The molecule has 3 nitrogen and oxygen atoms in total. The van der Waals surface area contributed by atoms with Crippen LogP contribution < -0.4 is 5.32 Å². The quantitative estimate of drug-likeness (QED) is 0.718. The molecule has 0 aliphatic carbocycles. The summed E-state index contributed by atoms with van der Waals surface area (Å²) in [5.74, 6) is 0.686. The van der Waals surface area contributed by atoms with E-state index in [1.54, 1.807) is 0 Å². The van der Waals surface area contributed by atoms with E-state index in [-0.39, 0.29) is 0 Å². The van der Waals surface area contributed by atoms with Gasteiger partial charge in [0.15, 0.2) is 0 Å². The van der Waals surface area contributed by atoms with Gasteiger partial charge in [0, 0.05) is 25.7 Å². The maximum absolute atomic E-state index is 5.70. The third-order valence-corrected chi connectivity index (χ3v) is 3.45. The highest BCUT2D eigenvalue weighted by Gasteiger charge is 2.23. The standard InChI is InChI=1S/C13H28N2O/c1-5-14-9-13(11(2)3)15(4)10-12-7-6-8-16-12/h11-14H,5-10H2,1-4H3. The van der Waals surface area contributed by atoms with E-state index >= 15 is 0 Å². The molecule has 0 saturated carbocycles. The number of nitrogens with zero attached hydrogens (tertiary/aromatic N) is 1. The van der Waals surface area contributed by atoms with Gasteiger partial charge < -0.3 is 10.1 Å². The number of nitrogens with one attached hydrogen (secondary N) is 1. The number of hydrogen-bond acceptors (Lipinski definition) is 3. The minimum absolute atomic E-state index is 0.466. The van der Waals surface area contributed by atoms with Gasteiger partial charge in [-0.05, 0) is 32.4 Å². The largest absolute Gasteiger partial charge is 0.377 e. The van der Waals surface area contributed by atoms with Crippen LogP contribution in [0.2, 0.25) is 0 Å². The van der Waals surface area contributed by atoms with Crippen LogP contribution in [-0.4, -0.2) is 50.3 Å². The van der Waals surface area contributed by atoms with Crippen LogP contribution in [0, 0.1) is 5.92 Å². The van der Waals surface area contributed by atoms with Gasteiger partial charge in [-0.25, -0.2) is 0 Å². The fourth-order valence-electron chi connectivity index (χ4n) is 2.44. The van der Waals surface area contributed by atoms with Crippen LogP contribution in [0.3, 0.4) is 0 Å². The third kappa shape index (κ3) is 4.40. The molecule has 0 aromatic heterocycles. The maximum Gasteiger partial charge on any atom is 0.0702 e. The van der Waals surface area contributed by atoms with Gasteiger partial charge >= 0.3 is 0 Å². The second-order valence-corrected chi connectivity index (χ2v) is 5.19. The lowest BCUT2D eigenvalue weighted by Crippen LogP contribution is -2.46. The highest BCUT2D eigenvalue weighted by molar-refractivity contribution is 4.78. The topological polar surface area (TPSA) is 24.5 Å². The molecule has 1 N–H and O–H groups in total. The summed E-state index contributed by atoms with van der Waals surface area (Å²) >= 11 is 0. The Bertz CT molecular complexity index is 179. The maximum atomic E-state index is 5.70. The van der Waals surface area contributed by atoms with Gasteiger partial charge in [0.25, 0.3) is 0 Å². The predicted octanol–water partition coefficient (Wildman–Crippen LogP) is 1.73. The minimum Gasteiger partial charge on any atom is -0.377 e. The molecule has 0 amide bonds. The van der Waals surface area contributed by atoms with E-state index in [4.69, 9.17) is 4.74 Å². The van der Waals surface area contributed by atoms with Crippen molar-refractivity contribution in [1.29, 1.82) is 0 Å². The Morgan fingerprint density at radius 3 is 2.69 bits per heavy atom. The van der Waals surface area contributed by atoms with Gasteiger partial charge in [0.1, 0.15) is 0 Å². The molecule has 0 bridgehead atoms. The van der Waals surface area contributed by atoms with Crippen molar-refractivity contribution in [3.63, 3.8) is 0 Å². The Morgan fingerprint density at radius 2 is 2.19 bits per heavy atom.